The van der Waals surface area contributed by atoms with Gasteiger partial charge in [-0.1, -0.05) is 74.5 Å². The van der Waals surface area contributed by atoms with Crippen molar-refractivity contribution in [3.63, 3.8) is 0 Å². The topological polar surface area (TPSA) is 60.7 Å². The van der Waals surface area contributed by atoms with E-state index in [9.17, 15) is 15.3 Å². The fourth-order valence-corrected chi connectivity index (χ4v) is 5.19. The van der Waals surface area contributed by atoms with Gasteiger partial charge < -0.3 is 15.3 Å². The molecule has 0 heterocycles. The number of rotatable bonds is 5. The van der Waals surface area contributed by atoms with Gasteiger partial charge in [0.25, 0.3) is 0 Å². The summed E-state index contributed by atoms with van der Waals surface area (Å²) in [4.78, 5) is 0. The SMILES string of the molecule is Cc1cc(C(C)(C)c2ccc(C(C)(c3ccccc3O)c3c(O)ccc(C)c3C)cc2)ccc1O. The second kappa shape index (κ2) is 8.81. The molecule has 0 aliphatic rings. The number of phenols is 3. The van der Waals surface area contributed by atoms with Crippen molar-refractivity contribution in [2.75, 3.05) is 0 Å². The van der Waals surface area contributed by atoms with Crippen LogP contribution in [0, 0.1) is 20.8 Å². The molecule has 3 nitrogen and oxygen atoms in total. The predicted molar refractivity (Wildman–Crippen MR) is 143 cm³/mol. The van der Waals surface area contributed by atoms with Crippen LogP contribution in [0.5, 0.6) is 17.2 Å². The van der Waals surface area contributed by atoms with Crippen molar-refractivity contribution < 1.29 is 15.3 Å². The van der Waals surface area contributed by atoms with Gasteiger partial charge in [-0.25, -0.2) is 0 Å². The van der Waals surface area contributed by atoms with Gasteiger partial charge in [-0.3, -0.25) is 0 Å². The summed E-state index contributed by atoms with van der Waals surface area (Å²) in [7, 11) is 0. The molecule has 0 amide bonds. The van der Waals surface area contributed by atoms with Crippen molar-refractivity contribution in [2.24, 2.45) is 0 Å². The normalized spacial score (nSPS) is 13.4. The maximum atomic E-state index is 11.0. The van der Waals surface area contributed by atoms with E-state index in [0.29, 0.717) is 5.75 Å². The Morgan fingerprint density at radius 3 is 1.74 bits per heavy atom. The Morgan fingerprint density at radius 1 is 0.543 bits per heavy atom. The zero-order valence-corrected chi connectivity index (χ0v) is 21.3. The smallest absolute Gasteiger partial charge is 0.120 e. The van der Waals surface area contributed by atoms with Gasteiger partial charge in [-0.2, -0.15) is 0 Å². The maximum absolute atomic E-state index is 11.0. The Bertz CT molecular complexity index is 1380. The summed E-state index contributed by atoms with van der Waals surface area (Å²) < 4.78 is 0. The molecule has 0 saturated carbocycles. The third-order valence-electron chi connectivity index (χ3n) is 7.76. The molecule has 0 aliphatic heterocycles. The summed E-state index contributed by atoms with van der Waals surface area (Å²) in [6, 6.07) is 25.2. The molecule has 4 aromatic carbocycles. The molecule has 0 aliphatic carbocycles. The highest BCUT2D eigenvalue weighted by molar-refractivity contribution is 5.61. The molecule has 4 rings (SSSR count). The Hall–Kier alpha value is -3.72. The van der Waals surface area contributed by atoms with Crippen LogP contribution in [-0.4, -0.2) is 15.3 Å². The van der Waals surface area contributed by atoms with Crippen molar-refractivity contribution in [3.05, 3.63) is 123 Å². The molecular weight excluding hydrogens is 432 g/mol. The Labute approximate surface area is 208 Å². The van der Waals surface area contributed by atoms with Crippen LogP contribution in [0.1, 0.15) is 65.3 Å². The summed E-state index contributed by atoms with van der Waals surface area (Å²) in [6.07, 6.45) is 0. The van der Waals surface area contributed by atoms with Gasteiger partial charge in [0, 0.05) is 22.0 Å². The van der Waals surface area contributed by atoms with Crippen LogP contribution < -0.4 is 0 Å². The molecule has 0 radical (unpaired) electrons. The molecule has 3 heteroatoms. The lowest BCUT2D eigenvalue weighted by atomic mass is 9.68. The fraction of sp³-hybridized carbons (Fsp3) is 0.250. The van der Waals surface area contributed by atoms with Crippen LogP contribution in [0.15, 0.2) is 78.9 Å². The minimum Gasteiger partial charge on any atom is -0.508 e. The second-order valence-electron chi connectivity index (χ2n) is 10.2. The maximum Gasteiger partial charge on any atom is 0.120 e. The summed E-state index contributed by atoms with van der Waals surface area (Å²) >= 11 is 0. The largest absolute Gasteiger partial charge is 0.508 e. The first-order chi connectivity index (χ1) is 16.5. The highest BCUT2D eigenvalue weighted by atomic mass is 16.3. The predicted octanol–water partition coefficient (Wildman–Crippen LogP) is 7.41. The van der Waals surface area contributed by atoms with Gasteiger partial charge in [0.05, 0.1) is 0 Å². The highest BCUT2D eigenvalue weighted by Gasteiger charge is 2.37. The lowest BCUT2D eigenvalue weighted by molar-refractivity contribution is 0.441. The van der Waals surface area contributed by atoms with Gasteiger partial charge in [0.2, 0.25) is 0 Å². The van der Waals surface area contributed by atoms with Crippen molar-refractivity contribution >= 4 is 0 Å². The van der Waals surface area contributed by atoms with E-state index in [1.54, 1.807) is 18.2 Å². The minimum atomic E-state index is -0.774. The van der Waals surface area contributed by atoms with E-state index in [0.717, 1.165) is 44.5 Å². The lowest BCUT2D eigenvalue weighted by Gasteiger charge is -2.35. The molecule has 0 spiro atoms. The lowest BCUT2D eigenvalue weighted by Crippen LogP contribution is -2.27. The first kappa shape index (κ1) is 24.4. The second-order valence-corrected chi connectivity index (χ2v) is 10.2. The standard InChI is InChI=1S/C32H34O3/c1-20-11-17-29(35)30(22(20)3)32(6,26-9-7-8-10-28(26)34)24-14-12-23(13-15-24)31(4,5)25-16-18-27(33)21(2)19-25/h7-19,33-35H,1-6H3. The van der Waals surface area contributed by atoms with Gasteiger partial charge >= 0.3 is 0 Å². The van der Waals surface area contributed by atoms with Gasteiger partial charge in [-0.05, 0) is 79.3 Å². The quantitative estimate of drug-likeness (QED) is 0.268. The molecule has 35 heavy (non-hydrogen) atoms. The van der Waals surface area contributed by atoms with Crippen molar-refractivity contribution in [3.8, 4) is 17.2 Å². The molecule has 3 N–H and O–H groups in total. The van der Waals surface area contributed by atoms with E-state index in [2.05, 4.69) is 45.0 Å². The molecule has 0 bridgehead atoms. The van der Waals surface area contributed by atoms with Crippen LogP contribution in [0.25, 0.3) is 0 Å². The summed E-state index contributed by atoms with van der Waals surface area (Å²) in [5, 5.41) is 31.9. The van der Waals surface area contributed by atoms with Gasteiger partial charge in [0.15, 0.2) is 0 Å². The van der Waals surface area contributed by atoms with Gasteiger partial charge in [0.1, 0.15) is 17.2 Å². The average molecular weight is 467 g/mol. The average Bonchev–Trinajstić information content (AvgIpc) is 2.83. The Balaban J connectivity index is 1.90. The zero-order chi connectivity index (χ0) is 25.5. The van der Waals surface area contributed by atoms with Crippen LogP contribution in [-0.2, 0) is 10.8 Å². The van der Waals surface area contributed by atoms with Crippen molar-refractivity contribution in [1.29, 1.82) is 0 Å². The number of hydrogen-bond donors (Lipinski definition) is 3. The first-order valence-corrected chi connectivity index (χ1v) is 12.0. The van der Waals surface area contributed by atoms with E-state index in [1.807, 2.05) is 57.2 Å². The van der Waals surface area contributed by atoms with Crippen LogP contribution in [0.3, 0.4) is 0 Å². The molecule has 0 saturated heterocycles. The number of para-hydroxylation sites is 1. The van der Waals surface area contributed by atoms with Crippen LogP contribution in [0.2, 0.25) is 0 Å². The number of phenolic OH excluding ortho intramolecular Hbond substituents is 3. The number of benzene rings is 4. The minimum absolute atomic E-state index is 0.194. The van der Waals surface area contributed by atoms with Crippen molar-refractivity contribution in [2.45, 2.75) is 52.4 Å². The summed E-state index contributed by atoms with van der Waals surface area (Å²) in [5.41, 5.74) is 6.65. The molecule has 1 atom stereocenters. The zero-order valence-electron chi connectivity index (χ0n) is 21.3. The monoisotopic (exact) mass is 466 g/mol. The first-order valence-electron chi connectivity index (χ1n) is 12.0. The third-order valence-corrected chi connectivity index (χ3v) is 7.76. The number of hydrogen-bond acceptors (Lipinski definition) is 3. The summed E-state index contributed by atoms with van der Waals surface area (Å²) in [6.45, 7) is 12.4. The van der Waals surface area contributed by atoms with Crippen molar-refractivity contribution in [1.82, 2.24) is 0 Å². The number of aryl methyl sites for hydroxylation is 2. The van der Waals surface area contributed by atoms with E-state index in [4.69, 9.17) is 0 Å². The summed E-state index contributed by atoms with van der Waals surface area (Å²) in [5.74, 6) is 0.703. The molecule has 1 unspecified atom stereocenters. The van der Waals surface area contributed by atoms with E-state index < -0.39 is 5.41 Å². The third kappa shape index (κ3) is 4.05. The Morgan fingerprint density at radius 2 is 1.11 bits per heavy atom. The molecular formula is C32H34O3. The van der Waals surface area contributed by atoms with E-state index >= 15 is 0 Å². The molecule has 4 aromatic rings. The van der Waals surface area contributed by atoms with E-state index in [1.165, 1.54) is 0 Å². The van der Waals surface area contributed by atoms with Crippen LogP contribution in [0.4, 0.5) is 0 Å². The Kier molecular flexibility index (Phi) is 6.14. The molecule has 180 valence electrons. The molecule has 0 fully saturated rings. The van der Waals surface area contributed by atoms with Gasteiger partial charge in [-0.15, -0.1) is 0 Å². The highest BCUT2D eigenvalue weighted by Crippen LogP contribution is 2.48. The number of aromatic hydroxyl groups is 3. The van der Waals surface area contributed by atoms with E-state index in [-0.39, 0.29) is 16.9 Å². The fourth-order valence-electron chi connectivity index (χ4n) is 5.19. The van der Waals surface area contributed by atoms with Crippen LogP contribution >= 0.6 is 0 Å². The molecule has 0 aromatic heterocycles.